The van der Waals surface area contributed by atoms with Crippen LogP contribution in [-0.2, 0) is 14.4 Å². The molecule has 2 saturated carbocycles. The van der Waals surface area contributed by atoms with Crippen molar-refractivity contribution in [2.24, 2.45) is 5.92 Å². The first-order valence-electron chi connectivity index (χ1n) is 21.3. The van der Waals surface area contributed by atoms with Crippen LogP contribution in [0.3, 0.4) is 0 Å². The Hall–Kier alpha value is -4.65. The van der Waals surface area contributed by atoms with Crippen LogP contribution in [0.15, 0.2) is 48.7 Å². The lowest BCUT2D eigenvalue weighted by Crippen LogP contribution is -2.47. The summed E-state index contributed by atoms with van der Waals surface area (Å²) >= 11 is 0. The number of carbonyl (C=O) groups is 3. The Morgan fingerprint density at radius 2 is 1.53 bits per heavy atom. The van der Waals surface area contributed by atoms with Crippen LogP contribution in [0.2, 0.25) is 0 Å². The normalized spacial score (nSPS) is 26.4. The van der Waals surface area contributed by atoms with Crippen LogP contribution in [0.4, 0.5) is 26.1 Å². The predicted octanol–water partition coefficient (Wildman–Crippen LogP) is 6.91. The molecule has 4 heterocycles. The fourth-order valence-electron chi connectivity index (χ4n) is 9.78. The van der Waals surface area contributed by atoms with Gasteiger partial charge in [-0.3, -0.25) is 19.7 Å². The maximum Gasteiger partial charge on any atom is 0.249 e. The summed E-state index contributed by atoms with van der Waals surface area (Å²) in [7, 11) is 0. The average Bonchev–Trinajstić information content (AvgIpc) is 3.24. The number of hydrogen-bond donors (Lipinski definition) is 4. The number of nitrogens with one attached hydrogen (secondary N) is 4. The molecule has 13 heteroatoms. The number of amides is 3. The third kappa shape index (κ3) is 9.56. The van der Waals surface area contributed by atoms with Crippen LogP contribution in [-0.4, -0.2) is 82.9 Å². The number of imide groups is 1. The number of anilines is 3. The summed E-state index contributed by atoms with van der Waals surface area (Å²) in [6, 6.07) is 13.4. The monoisotopic (exact) mass is 782 g/mol. The lowest BCUT2D eigenvalue weighted by molar-refractivity contribution is -0.133. The number of hydrogen-bond acceptors (Lipinski definition) is 9. The third-order valence-electron chi connectivity index (χ3n) is 13.1. The van der Waals surface area contributed by atoms with Gasteiger partial charge in [0.1, 0.15) is 17.6 Å². The standard InChI is InChI=1S/C44H56F2N8O3/c45-37-26-33(48-39-17-18-40(55)51-43(39)57)13-16-36(37)28-19-23-54(24-20-28)34-14-11-31(12-15-34)49-42(56)29-7-9-32(10-8-29)50-44-47-27-38(46)41(52-44)30-5-4-6-35(25-30)53-21-2-1-3-22-53/h4-6,13,16,25-29,31-32,34,39,48H,1-3,7-12,14-15,17-24H2,(H,49,56)(H,47,50,52)(H,51,55,57)/t29-,31-,32-,34-,39?. The van der Waals surface area contributed by atoms with Crippen LogP contribution in [0.5, 0.6) is 0 Å². The van der Waals surface area contributed by atoms with Crippen LogP contribution in [0.1, 0.15) is 108 Å². The Bertz CT molecular complexity index is 1900. The number of piperidine rings is 3. The van der Waals surface area contributed by atoms with E-state index in [1.165, 1.54) is 31.5 Å². The zero-order chi connectivity index (χ0) is 39.3. The number of rotatable bonds is 10. The molecule has 3 saturated heterocycles. The Labute approximate surface area is 334 Å². The summed E-state index contributed by atoms with van der Waals surface area (Å²) in [5.74, 6) is -0.611. The van der Waals surface area contributed by atoms with Gasteiger partial charge >= 0.3 is 0 Å². The molecule has 3 aliphatic heterocycles. The van der Waals surface area contributed by atoms with E-state index in [-0.39, 0.29) is 53.9 Å². The van der Waals surface area contributed by atoms with E-state index in [0.29, 0.717) is 29.8 Å². The zero-order valence-corrected chi connectivity index (χ0v) is 32.8. The lowest BCUT2D eigenvalue weighted by Gasteiger charge is -2.41. The molecular formula is C44H56F2N8O3. The molecule has 8 rings (SSSR count). The van der Waals surface area contributed by atoms with Gasteiger partial charge in [0.15, 0.2) is 5.82 Å². The van der Waals surface area contributed by atoms with Crippen molar-refractivity contribution in [1.82, 2.24) is 25.5 Å². The van der Waals surface area contributed by atoms with Gasteiger partial charge in [-0.15, -0.1) is 0 Å². The Balaban J connectivity index is 0.750. The van der Waals surface area contributed by atoms with Gasteiger partial charge in [0.2, 0.25) is 23.7 Å². The summed E-state index contributed by atoms with van der Waals surface area (Å²) in [6.45, 7) is 3.89. The largest absolute Gasteiger partial charge is 0.374 e. The van der Waals surface area contributed by atoms with Gasteiger partial charge in [-0.25, -0.2) is 18.7 Å². The fraction of sp³-hybridized carbons (Fsp3) is 0.568. The maximum absolute atomic E-state index is 15.3. The Morgan fingerprint density at radius 1 is 0.772 bits per heavy atom. The maximum atomic E-state index is 15.3. The van der Waals surface area contributed by atoms with Crippen LogP contribution < -0.4 is 26.2 Å². The number of likely N-dealkylation sites (tertiary alicyclic amines) is 1. The zero-order valence-electron chi connectivity index (χ0n) is 32.8. The highest BCUT2D eigenvalue weighted by atomic mass is 19.1. The SMILES string of the molecule is O=C1CCC(Nc2ccc(C3CCN([C@H]4CC[C@H](NC(=O)[C@H]5CC[C@H](Nc6ncc(F)c(-c7cccc(N8CCCCC8)c7)n6)CC5)CC4)CC3)c(F)c2)C(=O)N1. The highest BCUT2D eigenvalue weighted by Crippen LogP contribution is 2.35. The van der Waals surface area contributed by atoms with Gasteiger partial charge in [-0.1, -0.05) is 18.2 Å². The minimum atomic E-state index is -0.540. The predicted molar refractivity (Wildman–Crippen MR) is 217 cm³/mol. The van der Waals surface area contributed by atoms with Crippen molar-refractivity contribution in [1.29, 1.82) is 0 Å². The molecule has 57 heavy (non-hydrogen) atoms. The quantitative estimate of drug-likeness (QED) is 0.162. The summed E-state index contributed by atoms with van der Waals surface area (Å²) < 4.78 is 30.2. The fourth-order valence-corrected chi connectivity index (χ4v) is 9.78. The molecule has 1 aromatic heterocycles. The Morgan fingerprint density at radius 3 is 2.26 bits per heavy atom. The van der Waals surface area contributed by atoms with Crippen molar-refractivity contribution in [2.75, 3.05) is 41.7 Å². The van der Waals surface area contributed by atoms with Crippen molar-refractivity contribution >= 4 is 35.0 Å². The lowest BCUT2D eigenvalue weighted by atomic mass is 9.83. The minimum Gasteiger partial charge on any atom is -0.374 e. The van der Waals surface area contributed by atoms with Gasteiger partial charge in [-0.2, -0.15) is 0 Å². The Kier molecular flexibility index (Phi) is 12.3. The molecule has 4 N–H and O–H groups in total. The topological polar surface area (TPSA) is 132 Å². The van der Waals surface area contributed by atoms with Crippen molar-refractivity contribution in [3.8, 4) is 11.3 Å². The van der Waals surface area contributed by atoms with Crippen LogP contribution in [0.25, 0.3) is 11.3 Å². The summed E-state index contributed by atoms with van der Waals surface area (Å²) in [5.41, 5.74) is 3.43. The smallest absolute Gasteiger partial charge is 0.249 e. The molecule has 2 aliphatic carbocycles. The van der Waals surface area contributed by atoms with E-state index >= 15 is 4.39 Å². The first-order chi connectivity index (χ1) is 27.8. The van der Waals surface area contributed by atoms with E-state index in [4.69, 9.17) is 0 Å². The van der Waals surface area contributed by atoms with Gasteiger partial charge in [-0.05, 0) is 139 Å². The number of nitrogens with zero attached hydrogens (tertiary/aromatic N) is 4. The van der Waals surface area contributed by atoms with Gasteiger partial charge in [0.05, 0.1) is 6.20 Å². The molecule has 11 nitrogen and oxygen atoms in total. The second-order valence-electron chi connectivity index (χ2n) is 16.9. The van der Waals surface area contributed by atoms with E-state index in [0.717, 1.165) is 107 Å². The van der Waals surface area contributed by atoms with Crippen molar-refractivity contribution in [2.45, 2.75) is 126 Å². The second-order valence-corrected chi connectivity index (χ2v) is 16.9. The van der Waals surface area contributed by atoms with E-state index < -0.39 is 11.9 Å². The molecule has 0 bridgehead atoms. The molecule has 2 aromatic carbocycles. The molecule has 0 radical (unpaired) electrons. The minimum absolute atomic E-state index is 0.00954. The number of aromatic nitrogens is 2. The van der Waals surface area contributed by atoms with Crippen molar-refractivity contribution < 1.29 is 23.2 Å². The molecule has 3 amide bonds. The van der Waals surface area contributed by atoms with Crippen LogP contribution >= 0.6 is 0 Å². The van der Waals surface area contributed by atoms with E-state index in [2.05, 4.69) is 47.1 Å². The highest BCUT2D eigenvalue weighted by molar-refractivity contribution is 6.01. The average molecular weight is 783 g/mol. The summed E-state index contributed by atoms with van der Waals surface area (Å²) in [5, 5.41) is 12.2. The summed E-state index contributed by atoms with van der Waals surface area (Å²) in [4.78, 5) is 50.7. The van der Waals surface area contributed by atoms with E-state index in [9.17, 15) is 18.8 Å². The number of benzene rings is 2. The van der Waals surface area contributed by atoms with Crippen LogP contribution in [0, 0.1) is 17.6 Å². The van der Waals surface area contributed by atoms with Gasteiger partial charge in [0.25, 0.3) is 0 Å². The second kappa shape index (κ2) is 17.9. The molecule has 304 valence electrons. The number of carbonyl (C=O) groups excluding carboxylic acids is 3. The molecule has 1 unspecified atom stereocenters. The van der Waals surface area contributed by atoms with Gasteiger partial charge in [0, 0.05) is 60.5 Å². The molecular weight excluding hydrogens is 727 g/mol. The molecule has 3 aromatic rings. The molecule has 1 atom stereocenters. The third-order valence-corrected chi connectivity index (χ3v) is 13.1. The van der Waals surface area contributed by atoms with E-state index in [1.54, 1.807) is 0 Å². The first kappa shape index (κ1) is 39.2. The van der Waals surface area contributed by atoms with Gasteiger partial charge < -0.3 is 25.8 Å². The van der Waals surface area contributed by atoms with Crippen molar-refractivity contribution in [3.63, 3.8) is 0 Å². The van der Waals surface area contributed by atoms with Crippen molar-refractivity contribution in [3.05, 3.63) is 65.9 Å². The molecule has 5 fully saturated rings. The summed E-state index contributed by atoms with van der Waals surface area (Å²) in [6.07, 6.45) is 14.6. The van der Waals surface area contributed by atoms with E-state index in [1.807, 2.05) is 30.3 Å². The highest BCUT2D eigenvalue weighted by Gasteiger charge is 2.33. The first-order valence-corrected chi connectivity index (χ1v) is 21.3. The molecule has 5 aliphatic rings. The number of halogens is 2. The molecule has 0 spiro atoms.